The maximum absolute atomic E-state index is 11.9. The van der Waals surface area contributed by atoms with E-state index in [1.54, 1.807) is 0 Å². The van der Waals surface area contributed by atoms with E-state index in [0.717, 1.165) is 35.4 Å². The van der Waals surface area contributed by atoms with Crippen molar-refractivity contribution in [2.24, 2.45) is 5.10 Å². The Labute approximate surface area is 132 Å². The lowest BCUT2D eigenvalue weighted by Gasteiger charge is -2.09. The smallest absolute Gasteiger partial charge is 0.240 e. The highest BCUT2D eigenvalue weighted by atomic mass is 16.2. The van der Waals surface area contributed by atoms with Crippen LogP contribution in [0.15, 0.2) is 23.3 Å². The van der Waals surface area contributed by atoms with Crippen LogP contribution in [0.2, 0.25) is 0 Å². The molecule has 5 nitrogen and oxygen atoms in total. The molecule has 2 N–H and O–H groups in total. The van der Waals surface area contributed by atoms with E-state index in [1.807, 2.05) is 45.9 Å². The van der Waals surface area contributed by atoms with E-state index in [0.29, 0.717) is 0 Å². The summed E-state index contributed by atoms with van der Waals surface area (Å²) in [6.45, 7) is 7.89. The Morgan fingerprint density at radius 1 is 1.05 bits per heavy atom. The third-order valence-corrected chi connectivity index (χ3v) is 3.40. The van der Waals surface area contributed by atoms with Crippen LogP contribution in [0.4, 0.5) is 5.69 Å². The first kappa shape index (κ1) is 17.9. The summed E-state index contributed by atoms with van der Waals surface area (Å²) in [5.41, 5.74) is 6.31. The molecule has 1 rings (SSSR count). The topological polar surface area (TPSA) is 70.6 Å². The second-order valence-electron chi connectivity index (χ2n) is 5.29. The van der Waals surface area contributed by atoms with E-state index >= 15 is 0 Å². The summed E-state index contributed by atoms with van der Waals surface area (Å²) in [6.07, 6.45) is 1.89. The van der Waals surface area contributed by atoms with Gasteiger partial charge in [-0.3, -0.25) is 9.59 Å². The average Bonchev–Trinajstić information content (AvgIpc) is 2.50. The lowest BCUT2D eigenvalue weighted by atomic mass is 10.1. The van der Waals surface area contributed by atoms with Crippen LogP contribution in [-0.4, -0.2) is 17.5 Å². The zero-order valence-corrected chi connectivity index (χ0v) is 13.8. The molecule has 1 aromatic rings. The minimum Gasteiger partial charge on any atom is -0.326 e. The molecule has 0 saturated carbocycles. The molecule has 0 aromatic heterocycles. The molecule has 120 valence electrons. The Morgan fingerprint density at radius 3 is 2.32 bits per heavy atom. The van der Waals surface area contributed by atoms with Gasteiger partial charge in [-0.25, -0.2) is 5.43 Å². The summed E-state index contributed by atoms with van der Waals surface area (Å²) in [4.78, 5) is 23.6. The van der Waals surface area contributed by atoms with Crippen LogP contribution in [0.5, 0.6) is 0 Å². The molecule has 22 heavy (non-hydrogen) atoms. The van der Waals surface area contributed by atoms with Crippen molar-refractivity contribution >= 4 is 23.2 Å². The fourth-order valence-electron chi connectivity index (χ4n) is 1.92. The Hall–Kier alpha value is -2.17. The minimum atomic E-state index is -0.240. The van der Waals surface area contributed by atoms with Crippen molar-refractivity contribution in [1.82, 2.24) is 5.43 Å². The molecule has 5 heteroatoms. The van der Waals surface area contributed by atoms with E-state index in [4.69, 9.17) is 0 Å². The van der Waals surface area contributed by atoms with Crippen molar-refractivity contribution in [3.8, 4) is 0 Å². The lowest BCUT2D eigenvalue weighted by molar-refractivity contribution is -0.124. The Bertz CT molecular complexity index is 559. The van der Waals surface area contributed by atoms with E-state index in [9.17, 15) is 9.59 Å². The maximum Gasteiger partial charge on any atom is 0.240 e. The molecule has 0 saturated heterocycles. The standard InChI is InChI=1S/C17H25N3O2/c1-5-14(6-2)19-20-17(22)10-9-16(21)18-15-11-12(3)7-8-13(15)4/h7-8,11H,5-6,9-10H2,1-4H3,(H,18,21)(H,20,22). The van der Waals surface area contributed by atoms with Crippen molar-refractivity contribution in [2.75, 3.05) is 5.32 Å². The highest BCUT2D eigenvalue weighted by Crippen LogP contribution is 2.16. The van der Waals surface area contributed by atoms with E-state index in [-0.39, 0.29) is 24.7 Å². The maximum atomic E-state index is 11.9. The van der Waals surface area contributed by atoms with Crippen molar-refractivity contribution in [3.63, 3.8) is 0 Å². The van der Waals surface area contributed by atoms with Crippen LogP contribution in [0.25, 0.3) is 0 Å². The molecule has 0 aliphatic carbocycles. The monoisotopic (exact) mass is 303 g/mol. The summed E-state index contributed by atoms with van der Waals surface area (Å²) in [6, 6.07) is 5.88. The third kappa shape index (κ3) is 6.08. The second-order valence-corrected chi connectivity index (χ2v) is 5.29. The number of hydrazone groups is 1. The van der Waals surface area contributed by atoms with Crippen molar-refractivity contribution in [3.05, 3.63) is 29.3 Å². The highest BCUT2D eigenvalue weighted by molar-refractivity contribution is 5.94. The Balaban J connectivity index is 2.44. The number of carbonyl (C=O) groups is 2. The Kier molecular flexibility index (Phi) is 7.29. The van der Waals surface area contributed by atoms with Crippen LogP contribution in [0.3, 0.4) is 0 Å². The summed E-state index contributed by atoms with van der Waals surface area (Å²) in [5.74, 6) is -0.408. The predicted molar refractivity (Wildman–Crippen MR) is 89.9 cm³/mol. The van der Waals surface area contributed by atoms with Crippen LogP contribution in [0, 0.1) is 13.8 Å². The molecule has 2 amide bonds. The number of amides is 2. The van der Waals surface area contributed by atoms with Crippen LogP contribution < -0.4 is 10.7 Å². The van der Waals surface area contributed by atoms with Gasteiger partial charge in [0.05, 0.1) is 0 Å². The number of anilines is 1. The molecule has 0 atom stereocenters. The van der Waals surface area contributed by atoms with Gasteiger partial charge >= 0.3 is 0 Å². The van der Waals surface area contributed by atoms with Crippen LogP contribution in [-0.2, 0) is 9.59 Å². The molecular formula is C17H25N3O2. The molecule has 0 heterocycles. The van der Waals surface area contributed by atoms with Gasteiger partial charge in [0.2, 0.25) is 11.8 Å². The highest BCUT2D eigenvalue weighted by Gasteiger charge is 2.08. The first-order valence-corrected chi connectivity index (χ1v) is 7.67. The largest absolute Gasteiger partial charge is 0.326 e. The van der Waals surface area contributed by atoms with E-state index in [1.165, 1.54) is 0 Å². The first-order valence-electron chi connectivity index (χ1n) is 7.67. The van der Waals surface area contributed by atoms with Crippen molar-refractivity contribution in [1.29, 1.82) is 0 Å². The van der Waals surface area contributed by atoms with Gasteiger partial charge in [0.1, 0.15) is 0 Å². The zero-order valence-electron chi connectivity index (χ0n) is 13.8. The minimum absolute atomic E-state index is 0.126. The summed E-state index contributed by atoms with van der Waals surface area (Å²) < 4.78 is 0. The van der Waals surface area contributed by atoms with Gasteiger partial charge in [0.25, 0.3) is 0 Å². The summed E-state index contributed by atoms with van der Waals surface area (Å²) >= 11 is 0. The van der Waals surface area contributed by atoms with Gasteiger partial charge in [-0.1, -0.05) is 26.0 Å². The summed E-state index contributed by atoms with van der Waals surface area (Å²) in [7, 11) is 0. The number of hydrogen-bond donors (Lipinski definition) is 2. The van der Waals surface area contributed by atoms with Crippen LogP contribution in [0.1, 0.15) is 50.7 Å². The van der Waals surface area contributed by atoms with Crippen LogP contribution >= 0.6 is 0 Å². The lowest BCUT2D eigenvalue weighted by Crippen LogP contribution is -2.22. The number of benzene rings is 1. The number of nitrogens with zero attached hydrogens (tertiary/aromatic N) is 1. The molecule has 0 unspecified atom stereocenters. The van der Waals surface area contributed by atoms with Crippen molar-refractivity contribution < 1.29 is 9.59 Å². The van der Waals surface area contributed by atoms with Gasteiger partial charge in [-0.05, 0) is 43.9 Å². The fraction of sp³-hybridized carbons (Fsp3) is 0.471. The number of carbonyl (C=O) groups excluding carboxylic acids is 2. The zero-order chi connectivity index (χ0) is 16.5. The van der Waals surface area contributed by atoms with Crippen molar-refractivity contribution in [2.45, 2.75) is 53.4 Å². The molecule has 0 aliphatic rings. The fourth-order valence-corrected chi connectivity index (χ4v) is 1.92. The SMILES string of the molecule is CCC(CC)=NNC(=O)CCC(=O)Nc1cc(C)ccc1C. The predicted octanol–water partition coefficient (Wildman–Crippen LogP) is 3.31. The van der Waals surface area contributed by atoms with Gasteiger partial charge in [-0.15, -0.1) is 0 Å². The molecule has 0 radical (unpaired) electrons. The number of nitrogens with one attached hydrogen (secondary N) is 2. The molecule has 0 spiro atoms. The van der Waals surface area contributed by atoms with Gasteiger partial charge in [0.15, 0.2) is 0 Å². The normalized spacial score (nSPS) is 10.0. The number of hydrogen-bond acceptors (Lipinski definition) is 3. The number of rotatable bonds is 7. The number of aryl methyl sites for hydroxylation is 2. The van der Waals surface area contributed by atoms with Gasteiger partial charge < -0.3 is 5.32 Å². The molecule has 0 aliphatic heterocycles. The van der Waals surface area contributed by atoms with E-state index < -0.39 is 0 Å². The van der Waals surface area contributed by atoms with E-state index in [2.05, 4.69) is 15.8 Å². The third-order valence-electron chi connectivity index (χ3n) is 3.40. The molecule has 0 bridgehead atoms. The molecular weight excluding hydrogens is 278 g/mol. The molecule has 1 aromatic carbocycles. The second kappa shape index (κ2) is 8.97. The average molecular weight is 303 g/mol. The quantitative estimate of drug-likeness (QED) is 0.599. The Morgan fingerprint density at radius 2 is 1.68 bits per heavy atom. The van der Waals surface area contributed by atoms with Gasteiger partial charge in [-0.2, -0.15) is 5.10 Å². The first-order chi connectivity index (χ1) is 10.5. The summed E-state index contributed by atoms with van der Waals surface area (Å²) in [5, 5.41) is 6.87. The molecule has 0 fully saturated rings. The van der Waals surface area contributed by atoms with Gasteiger partial charge in [0, 0.05) is 24.2 Å².